The summed E-state index contributed by atoms with van der Waals surface area (Å²) in [7, 11) is -0.636. The fourth-order valence-electron chi connectivity index (χ4n) is 9.85. The lowest BCUT2D eigenvalue weighted by atomic mass is 9.73. The Hall–Kier alpha value is -4.45. The van der Waals surface area contributed by atoms with Gasteiger partial charge in [0.15, 0.2) is 18.7 Å². The number of aliphatic hydroxyl groups excluding tert-OH is 1. The molecule has 1 unspecified atom stereocenters. The summed E-state index contributed by atoms with van der Waals surface area (Å²) in [6, 6.07) is 12.0. The maximum atomic E-state index is 17.1. The van der Waals surface area contributed by atoms with Gasteiger partial charge >= 0.3 is 13.7 Å². The standard InChI is InChI=1S/C51H72FN6O14PS/c1-12-38-51(9,63)45-31(5)41(55-40(59)13-2)29(3)22-49(7,44(32(6)43(61)50(8,52)48(62)71-38)72-47-42(60)37(58(10)11)21-30(4)70-47)67-26-36(25-66-45)56-68-27-35-20-19-34(23-53-35)46-54-39(28-74-46)57-73(64,65)69-24-33-17-15-14-16-18-33/h14-20,23,28-32,37-38,42,44-45,47,60,63H,12-13,21-22,24-27H2,1-11H3,(H2,57,64,65)/b55-41?,56-36+/t29-,30-,31+,32+,37+,38-,42-,44-,45+,47+,49-,50+,51-/m1/s1. The highest BCUT2D eigenvalue weighted by Gasteiger charge is 2.57. The van der Waals surface area contributed by atoms with Gasteiger partial charge < -0.3 is 48.5 Å². The van der Waals surface area contributed by atoms with Crippen LogP contribution in [0.15, 0.2) is 64.2 Å². The van der Waals surface area contributed by atoms with Gasteiger partial charge in [-0.25, -0.2) is 23.7 Å². The van der Waals surface area contributed by atoms with Crippen LogP contribution >= 0.6 is 19.1 Å². The number of likely N-dealkylation sites (N-methyl/N-ethyl adjacent to an activating group) is 1. The van der Waals surface area contributed by atoms with Crippen LogP contribution in [0, 0.1) is 17.8 Å². The number of carbonyl (C=O) groups is 3. The number of carbonyl (C=O) groups excluding carboxylic acids is 3. The minimum atomic E-state index is -4.24. The molecular weight excluding hydrogens is 1000 g/mol. The normalized spacial score (nSPS) is 34.5. The van der Waals surface area contributed by atoms with Crippen LogP contribution in [0.5, 0.6) is 0 Å². The molecule has 20 nitrogen and oxygen atoms in total. The van der Waals surface area contributed by atoms with Gasteiger partial charge in [0, 0.05) is 47.2 Å². The Bertz CT molecular complexity index is 2520. The minimum Gasteiger partial charge on any atom is -0.457 e. The van der Waals surface area contributed by atoms with Crippen LogP contribution in [-0.2, 0) is 65.2 Å². The third kappa shape index (κ3) is 14.1. The number of halogens is 1. The van der Waals surface area contributed by atoms with E-state index in [1.165, 1.54) is 25.2 Å². The molecule has 2 aromatic heterocycles. The molecule has 74 heavy (non-hydrogen) atoms. The summed E-state index contributed by atoms with van der Waals surface area (Å²) < 4.78 is 67.1. The number of ketones is 1. The molecule has 5 heterocycles. The van der Waals surface area contributed by atoms with Gasteiger partial charge in [-0.1, -0.05) is 70.1 Å². The minimum absolute atomic E-state index is 0.0349. The molecule has 3 saturated heterocycles. The van der Waals surface area contributed by atoms with Crippen molar-refractivity contribution in [3.8, 4) is 10.6 Å². The Labute approximate surface area is 436 Å². The first-order valence-electron chi connectivity index (χ1n) is 24.9. The van der Waals surface area contributed by atoms with Crippen LogP contribution in [0.25, 0.3) is 10.6 Å². The number of thiazole rings is 1. The molecule has 0 radical (unpaired) electrons. The van der Waals surface area contributed by atoms with Gasteiger partial charge in [0.25, 0.3) is 5.67 Å². The average molecular weight is 1080 g/mol. The zero-order valence-corrected chi connectivity index (χ0v) is 45.6. The summed E-state index contributed by atoms with van der Waals surface area (Å²) in [5, 5.41) is 33.3. The van der Waals surface area contributed by atoms with Crippen molar-refractivity contribution in [1.82, 2.24) is 14.9 Å². The number of cyclic esters (lactones) is 1. The SMILES string of the molecule is CCC(=O)N=C1[C@H](C)C[C@@]2(C)OC/C(=N/OCc3ccc(-c4nc(NP(=O)(O)OCc5ccccc5)cs4)cn3)CO[C@@H]([C@H]1C)[C@](C)(O)[C@@H](CC)OC(=O)[C@@](C)(F)C(=O)[C@H](C)[C@H]2O[C@@H]1O[C@H](C)C[C@H](N(C)C)[C@H]1O. The van der Waals surface area contributed by atoms with E-state index in [1.54, 1.807) is 89.8 Å². The Morgan fingerprint density at radius 2 is 1.76 bits per heavy atom. The maximum absolute atomic E-state index is 17.1. The molecule has 0 aliphatic carbocycles. The van der Waals surface area contributed by atoms with Crippen molar-refractivity contribution >= 4 is 54.0 Å². The van der Waals surface area contributed by atoms with Gasteiger partial charge in [0.05, 0.1) is 49.4 Å². The van der Waals surface area contributed by atoms with Crippen molar-refractivity contribution in [3.05, 3.63) is 65.3 Å². The van der Waals surface area contributed by atoms with E-state index in [9.17, 15) is 34.1 Å². The third-order valence-electron chi connectivity index (χ3n) is 13.9. The molecule has 3 aliphatic rings. The van der Waals surface area contributed by atoms with E-state index in [0.29, 0.717) is 28.4 Å². The first-order chi connectivity index (χ1) is 34.8. The topological polar surface area (TPSA) is 259 Å². The van der Waals surface area contributed by atoms with Crippen molar-refractivity contribution in [3.63, 3.8) is 0 Å². The quantitative estimate of drug-likeness (QED) is 0.0557. The van der Waals surface area contributed by atoms with Crippen LogP contribution in [0.1, 0.15) is 99.3 Å². The molecule has 6 rings (SSSR count). The van der Waals surface area contributed by atoms with Gasteiger partial charge in [-0.15, -0.1) is 11.3 Å². The molecule has 3 fully saturated rings. The Morgan fingerprint density at radius 3 is 2.41 bits per heavy atom. The number of alkyl halides is 1. The zero-order chi connectivity index (χ0) is 54.3. The second-order valence-corrected chi connectivity index (χ2v) is 22.6. The van der Waals surface area contributed by atoms with Gasteiger partial charge in [-0.3, -0.25) is 24.2 Å². The lowest BCUT2D eigenvalue weighted by molar-refractivity contribution is -0.296. The molecule has 0 saturated carbocycles. The van der Waals surface area contributed by atoms with E-state index in [1.807, 2.05) is 24.8 Å². The molecule has 0 spiro atoms. The van der Waals surface area contributed by atoms with Gasteiger partial charge in [-0.2, -0.15) is 0 Å². The van der Waals surface area contributed by atoms with Crippen molar-refractivity contribution in [2.45, 2.75) is 161 Å². The van der Waals surface area contributed by atoms with Crippen LogP contribution in [0.2, 0.25) is 0 Å². The van der Waals surface area contributed by atoms with Crippen molar-refractivity contribution in [2.24, 2.45) is 27.9 Å². The summed E-state index contributed by atoms with van der Waals surface area (Å²) in [6.07, 6.45) is -5.22. The first-order valence-corrected chi connectivity index (χ1v) is 27.3. The van der Waals surface area contributed by atoms with Crippen molar-refractivity contribution in [2.75, 3.05) is 32.4 Å². The Balaban J connectivity index is 1.35. The number of pyridine rings is 1. The van der Waals surface area contributed by atoms with Crippen LogP contribution in [-0.4, -0.2) is 146 Å². The number of Topliss-reactive ketones (excluding diaryl/α,β-unsaturated/α-hetero) is 1. The molecule has 4 N–H and O–H groups in total. The highest BCUT2D eigenvalue weighted by Crippen LogP contribution is 2.44. The third-order valence-corrected chi connectivity index (χ3v) is 15.8. The smallest absolute Gasteiger partial charge is 0.431 e. The zero-order valence-electron chi connectivity index (χ0n) is 43.9. The van der Waals surface area contributed by atoms with Crippen molar-refractivity contribution in [1.29, 1.82) is 0 Å². The predicted molar refractivity (Wildman–Crippen MR) is 274 cm³/mol. The summed E-state index contributed by atoms with van der Waals surface area (Å²) in [5.41, 5.74) is -4.74. The number of aliphatic hydroxyl groups is 2. The number of anilines is 1. The Kier molecular flexibility index (Phi) is 19.6. The van der Waals surface area contributed by atoms with Crippen LogP contribution in [0.4, 0.5) is 10.2 Å². The molecule has 3 aromatic rings. The largest absolute Gasteiger partial charge is 0.457 e. The number of benzene rings is 1. The van der Waals surface area contributed by atoms with Gasteiger partial charge in [0.2, 0.25) is 5.91 Å². The van der Waals surface area contributed by atoms with E-state index in [-0.39, 0.29) is 57.2 Å². The van der Waals surface area contributed by atoms with E-state index >= 15 is 4.39 Å². The number of nitrogens with one attached hydrogen (secondary N) is 1. The molecule has 14 atom stereocenters. The highest BCUT2D eigenvalue weighted by molar-refractivity contribution is 7.54. The van der Waals surface area contributed by atoms with E-state index in [4.69, 9.17) is 33.0 Å². The number of amides is 1. The van der Waals surface area contributed by atoms with Crippen molar-refractivity contribution < 1.29 is 71.5 Å². The lowest BCUT2D eigenvalue weighted by Gasteiger charge is -2.47. The monoisotopic (exact) mass is 1070 g/mol. The van der Waals surface area contributed by atoms with E-state index in [0.717, 1.165) is 12.5 Å². The molecule has 408 valence electrons. The molecule has 23 heteroatoms. The van der Waals surface area contributed by atoms with E-state index < -0.39 is 103 Å². The number of hydrogen-bond acceptors (Lipinski definition) is 18. The maximum Gasteiger partial charge on any atom is 0.431 e. The van der Waals surface area contributed by atoms with Crippen LogP contribution in [0.3, 0.4) is 0 Å². The summed E-state index contributed by atoms with van der Waals surface area (Å²) in [6.45, 7) is 13.0. The lowest BCUT2D eigenvalue weighted by Crippen LogP contribution is -2.61. The highest BCUT2D eigenvalue weighted by atomic mass is 32.1. The number of fused-ring (bicyclic) bond motifs is 5. The second kappa shape index (κ2) is 24.7. The van der Waals surface area contributed by atoms with E-state index in [2.05, 4.69) is 25.2 Å². The van der Waals surface area contributed by atoms with Crippen LogP contribution < -0.4 is 5.09 Å². The Morgan fingerprint density at radius 1 is 1.04 bits per heavy atom. The fraction of sp³-hybridized carbons (Fsp3) is 0.627. The number of aliphatic imine (C=N–C) groups is 1. The first kappa shape index (κ1) is 58.8. The average Bonchev–Trinajstić information content (AvgIpc) is 3.81. The number of esters is 1. The number of hydrogen-bond donors (Lipinski definition) is 4. The van der Waals surface area contributed by atoms with Gasteiger partial charge in [-0.05, 0) is 84.7 Å². The number of aromatic nitrogens is 2. The molecule has 2 bridgehead atoms. The predicted octanol–water partition coefficient (Wildman–Crippen LogP) is 6.85. The van der Waals surface area contributed by atoms with Gasteiger partial charge in [0.1, 0.15) is 34.3 Å². The number of ether oxygens (including phenoxy) is 5. The summed E-state index contributed by atoms with van der Waals surface area (Å²) in [4.78, 5) is 73.5. The number of oxime groups is 1. The molecule has 3 aliphatic heterocycles. The number of rotatable bonds is 14. The molecule has 1 amide bonds. The second-order valence-electron chi connectivity index (χ2n) is 20.2. The number of nitrogens with zero attached hydrogens (tertiary/aromatic N) is 5. The summed E-state index contributed by atoms with van der Waals surface area (Å²) >= 11 is 1.22. The molecule has 1 aromatic carbocycles. The molecular formula is C51H72FN6O14PS. The fourth-order valence-corrected chi connectivity index (χ4v) is 11.5. The summed E-state index contributed by atoms with van der Waals surface area (Å²) in [5.74, 6) is -6.08.